The van der Waals surface area contributed by atoms with Gasteiger partial charge in [0.1, 0.15) is 5.01 Å². The van der Waals surface area contributed by atoms with Gasteiger partial charge in [-0.2, -0.15) is 0 Å². The third-order valence-electron chi connectivity index (χ3n) is 4.58. The van der Waals surface area contributed by atoms with E-state index in [9.17, 15) is 0 Å². The lowest BCUT2D eigenvalue weighted by atomic mass is 9.93. The third kappa shape index (κ3) is 8.62. The lowest BCUT2D eigenvalue weighted by molar-refractivity contribution is 0.128. The van der Waals surface area contributed by atoms with Crippen LogP contribution in [0.5, 0.6) is 0 Å². The molecule has 0 saturated carbocycles. The smallest absolute Gasteiger partial charge is 0.191 e. The van der Waals surface area contributed by atoms with E-state index < -0.39 is 0 Å². The molecule has 1 aromatic rings. The molecular weight excluding hydrogens is 473 g/mol. The Hall–Kier alpha value is -0.450. The van der Waals surface area contributed by atoms with Crippen LogP contribution in [-0.2, 0) is 16.7 Å². The molecule has 1 fully saturated rings. The van der Waals surface area contributed by atoms with Crippen molar-refractivity contribution in [3.8, 4) is 0 Å². The topological polar surface area (TPSA) is 61.8 Å². The lowest BCUT2D eigenvalue weighted by Gasteiger charge is -2.32. The highest BCUT2D eigenvalue weighted by atomic mass is 127. The van der Waals surface area contributed by atoms with E-state index in [2.05, 4.69) is 48.6 Å². The fourth-order valence-electron chi connectivity index (χ4n) is 2.91. The Kier molecular flexibility index (Phi) is 11.1. The van der Waals surface area contributed by atoms with Crippen LogP contribution in [0.4, 0.5) is 0 Å². The van der Waals surface area contributed by atoms with Crippen molar-refractivity contribution in [2.45, 2.75) is 58.5 Å². The molecule has 0 bridgehead atoms. The minimum atomic E-state index is 0. The van der Waals surface area contributed by atoms with Crippen molar-refractivity contribution in [2.75, 3.05) is 39.9 Å². The van der Waals surface area contributed by atoms with Crippen molar-refractivity contribution in [3.63, 3.8) is 0 Å². The quantitative estimate of drug-likeness (QED) is 0.336. The number of rotatable bonds is 7. The number of hydrogen-bond donors (Lipinski definition) is 2. The minimum Gasteiger partial charge on any atom is -0.383 e. The third-order valence-corrected chi connectivity index (χ3v) is 5.41. The van der Waals surface area contributed by atoms with Crippen LogP contribution in [0.1, 0.15) is 51.2 Å². The Morgan fingerprint density at radius 2 is 2.07 bits per heavy atom. The number of ether oxygens (including phenoxy) is 1. The van der Waals surface area contributed by atoms with Crippen LogP contribution in [0.3, 0.4) is 0 Å². The molecule has 8 heteroatoms. The fraction of sp³-hybridized carbons (Fsp3) is 0.789. The highest BCUT2D eigenvalue weighted by Gasteiger charge is 2.20. The number of aliphatic imine (C=N–C) groups is 1. The number of halogens is 1. The molecule has 156 valence electrons. The standard InChI is InChI=1S/C19H35N5OS.HI/c1-6-20-18(21-13-17-23-16(14-26-17)19(2,3)4)22-15-7-9-24(10-8-15)11-12-25-5;/h14-15H,6-13H2,1-5H3,(H2,20,21,22);1H. The van der Waals surface area contributed by atoms with Crippen LogP contribution in [0.25, 0.3) is 0 Å². The van der Waals surface area contributed by atoms with Gasteiger partial charge >= 0.3 is 0 Å². The maximum atomic E-state index is 5.17. The molecule has 1 aliphatic heterocycles. The Balaban J connectivity index is 0.00000364. The SMILES string of the molecule is CCNC(=NCc1nc(C(C)(C)C)cs1)NC1CCN(CCOC)CC1.I. The van der Waals surface area contributed by atoms with Crippen LogP contribution in [-0.4, -0.2) is 61.8 Å². The molecule has 2 N–H and O–H groups in total. The van der Waals surface area contributed by atoms with Gasteiger partial charge in [0, 0.05) is 50.1 Å². The first-order chi connectivity index (χ1) is 12.4. The highest BCUT2D eigenvalue weighted by Crippen LogP contribution is 2.24. The average molecular weight is 510 g/mol. The predicted octanol–water partition coefficient (Wildman–Crippen LogP) is 3.22. The molecule has 2 heterocycles. The van der Waals surface area contributed by atoms with Crippen molar-refractivity contribution in [1.82, 2.24) is 20.5 Å². The van der Waals surface area contributed by atoms with Crippen molar-refractivity contribution in [1.29, 1.82) is 0 Å². The number of methoxy groups -OCH3 is 1. The van der Waals surface area contributed by atoms with E-state index in [1.54, 1.807) is 18.4 Å². The van der Waals surface area contributed by atoms with Gasteiger partial charge in [0.15, 0.2) is 5.96 Å². The van der Waals surface area contributed by atoms with Gasteiger partial charge in [-0.05, 0) is 19.8 Å². The molecule has 6 nitrogen and oxygen atoms in total. The number of guanidine groups is 1. The monoisotopic (exact) mass is 509 g/mol. The van der Waals surface area contributed by atoms with Gasteiger partial charge in [-0.25, -0.2) is 9.98 Å². The molecule has 0 unspecified atom stereocenters. The maximum absolute atomic E-state index is 5.17. The average Bonchev–Trinajstić information content (AvgIpc) is 3.09. The maximum Gasteiger partial charge on any atom is 0.191 e. The Bertz CT molecular complexity index is 565. The van der Waals surface area contributed by atoms with Crippen LogP contribution in [0, 0.1) is 0 Å². The molecule has 1 aromatic heterocycles. The summed E-state index contributed by atoms with van der Waals surface area (Å²) >= 11 is 1.70. The zero-order valence-electron chi connectivity index (χ0n) is 17.4. The van der Waals surface area contributed by atoms with Crippen LogP contribution in [0.15, 0.2) is 10.4 Å². The summed E-state index contributed by atoms with van der Waals surface area (Å²) in [6, 6.07) is 0.480. The highest BCUT2D eigenvalue weighted by molar-refractivity contribution is 14.0. The van der Waals surface area contributed by atoms with Gasteiger partial charge in [-0.3, -0.25) is 0 Å². The number of nitrogens with zero attached hydrogens (tertiary/aromatic N) is 3. The van der Waals surface area contributed by atoms with Crippen molar-refractivity contribution >= 4 is 41.3 Å². The zero-order chi connectivity index (χ0) is 19.0. The number of likely N-dealkylation sites (tertiary alicyclic amines) is 1. The first-order valence-corrected chi connectivity index (χ1v) is 10.5. The molecule has 2 rings (SSSR count). The number of piperidine rings is 1. The molecular formula is C19H36IN5OS. The van der Waals surface area contributed by atoms with E-state index >= 15 is 0 Å². The second-order valence-corrected chi connectivity index (χ2v) is 8.77. The number of nitrogens with one attached hydrogen (secondary N) is 2. The Morgan fingerprint density at radius 1 is 1.37 bits per heavy atom. The summed E-state index contributed by atoms with van der Waals surface area (Å²) in [4.78, 5) is 12.0. The van der Waals surface area contributed by atoms with Gasteiger partial charge in [0.25, 0.3) is 0 Å². The number of thiazole rings is 1. The van der Waals surface area contributed by atoms with E-state index in [-0.39, 0.29) is 29.4 Å². The summed E-state index contributed by atoms with van der Waals surface area (Å²) in [5.74, 6) is 0.898. The second-order valence-electron chi connectivity index (χ2n) is 7.82. The molecule has 0 atom stereocenters. The molecule has 0 aromatic carbocycles. The summed E-state index contributed by atoms with van der Waals surface area (Å²) in [5.41, 5.74) is 1.24. The predicted molar refractivity (Wildman–Crippen MR) is 126 cm³/mol. The molecule has 0 spiro atoms. The Morgan fingerprint density at radius 3 is 2.63 bits per heavy atom. The number of aromatic nitrogens is 1. The second kappa shape index (κ2) is 12.2. The minimum absolute atomic E-state index is 0. The van der Waals surface area contributed by atoms with Crippen molar-refractivity contribution in [2.24, 2.45) is 4.99 Å². The van der Waals surface area contributed by atoms with E-state index in [0.29, 0.717) is 12.6 Å². The van der Waals surface area contributed by atoms with E-state index in [0.717, 1.165) is 62.3 Å². The van der Waals surface area contributed by atoms with Gasteiger partial charge in [-0.1, -0.05) is 20.8 Å². The zero-order valence-corrected chi connectivity index (χ0v) is 20.5. The van der Waals surface area contributed by atoms with Crippen molar-refractivity contribution < 1.29 is 4.74 Å². The van der Waals surface area contributed by atoms with Gasteiger partial charge in [-0.15, -0.1) is 35.3 Å². The molecule has 0 radical (unpaired) electrons. The largest absolute Gasteiger partial charge is 0.383 e. The van der Waals surface area contributed by atoms with Crippen LogP contribution < -0.4 is 10.6 Å². The normalized spacial score (nSPS) is 16.9. The summed E-state index contributed by atoms with van der Waals surface area (Å²) in [5, 5.41) is 10.2. The first kappa shape index (κ1) is 24.6. The Labute approximate surface area is 185 Å². The summed E-state index contributed by atoms with van der Waals surface area (Å²) < 4.78 is 5.17. The molecule has 1 saturated heterocycles. The summed E-state index contributed by atoms with van der Waals surface area (Å²) in [6.45, 7) is 14.2. The first-order valence-electron chi connectivity index (χ1n) is 9.63. The molecule has 0 amide bonds. The van der Waals surface area contributed by atoms with E-state index in [1.807, 2.05) is 0 Å². The summed E-state index contributed by atoms with van der Waals surface area (Å²) in [6.07, 6.45) is 2.28. The molecule has 0 aliphatic carbocycles. The molecule has 1 aliphatic rings. The van der Waals surface area contributed by atoms with Gasteiger partial charge in [0.2, 0.25) is 0 Å². The van der Waals surface area contributed by atoms with Crippen LogP contribution >= 0.6 is 35.3 Å². The van der Waals surface area contributed by atoms with Crippen molar-refractivity contribution in [3.05, 3.63) is 16.1 Å². The van der Waals surface area contributed by atoms with Gasteiger partial charge in [0.05, 0.1) is 18.8 Å². The van der Waals surface area contributed by atoms with Gasteiger partial charge < -0.3 is 20.3 Å². The lowest BCUT2D eigenvalue weighted by Crippen LogP contribution is -2.49. The van der Waals surface area contributed by atoms with E-state index in [1.165, 1.54) is 0 Å². The molecule has 27 heavy (non-hydrogen) atoms. The van der Waals surface area contributed by atoms with E-state index in [4.69, 9.17) is 14.7 Å². The van der Waals surface area contributed by atoms with Crippen LogP contribution in [0.2, 0.25) is 0 Å². The summed E-state index contributed by atoms with van der Waals surface area (Å²) in [7, 11) is 1.76. The fourth-order valence-corrected chi connectivity index (χ4v) is 3.85. The number of hydrogen-bond acceptors (Lipinski definition) is 5.